The second-order valence-corrected chi connectivity index (χ2v) is 5.57. The maximum atomic E-state index is 6.19. The largest absolute Gasteiger partial charge is 0.339 e. The van der Waals surface area contributed by atoms with Gasteiger partial charge in [-0.2, -0.15) is 0 Å². The number of nitrogens with one attached hydrogen (secondary N) is 1. The molecule has 0 radical (unpaired) electrons. The smallest absolute Gasteiger partial charge is 0.134 e. The van der Waals surface area contributed by atoms with Crippen molar-refractivity contribution in [3.63, 3.8) is 0 Å². The van der Waals surface area contributed by atoms with Gasteiger partial charge in [0.05, 0.1) is 16.4 Å². The van der Waals surface area contributed by atoms with Gasteiger partial charge < -0.3 is 5.32 Å². The first-order valence-corrected chi connectivity index (χ1v) is 7.44. The summed E-state index contributed by atoms with van der Waals surface area (Å²) in [7, 11) is 0. The maximum Gasteiger partial charge on any atom is 0.134 e. The topological polar surface area (TPSA) is 37.8 Å². The van der Waals surface area contributed by atoms with Gasteiger partial charge in [0.25, 0.3) is 0 Å². The molecular formula is C18H17Cl2N3. The molecule has 1 aromatic heterocycles. The summed E-state index contributed by atoms with van der Waals surface area (Å²) < 4.78 is 0. The molecule has 3 aromatic rings. The van der Waals surface area contributed by atoms with E-state index in [4.69, 9.17) is 11.6 Å². The van der Waals surface area contributed by atoms with Gasteiger partial charge in [0, 0.05) is 11.6 Å². The molecule has 0 saturated carbocycles. The number of aryl methyl sites for hydroxylation is 2. The molecule has 2 aromatic carbocycles. The lowest BCUT2D eigenvalue weighted by Crippen LogP contribution is -1.99. The number of hydrogen-bond donors (Lipinski definition) is 1. The minimum Gasteiger partial charge on any atom is -0.339 e. The molecule has 0 aliphatic rings. The quantitative estimate of drug-likeness (QED) is 0.673. The van der Waals surface area contributed by atoms with Gasteiger partial charge in [-0.3, -0.25) is 0 Å². The number of aromatic nitrogens is 2. The lowest BCUT2D eigenvalue weighted by Gasteiger charge is -2.10. The van der Waals surface area contributed by atoms with Gasteiger partial charge in [-0.25, -0.2) is 9.97 Å². The van der Waals surface area contributed by atoms with Crippen molar-refractivity contribution in [2.24, 2.45) is 0 Å². The van der Waals surface area contributed by atoms with Crippen LogP contribution in [0.2, 0.25) is 5.02 Å². The van der Waals surface area contributed by atoms with Crippen LogP contribution in [0.3, 0.4) is 0 Å². The van der Waals surface area contributed by atoms with Gasteiger partial charge in [-0.15, -0.1) is 12.4 Å². The lowest BCUT2D eigenvalue weighted by atomic mass is 10.1. The molecule has 0 bridgehead atoms. The van der Waals surface area contributed by atoms with Crippen molar-refractivity contribution in [1.29, 1.82) is 0 Å². The molecular weight excluding hydrogens is 329 g/mol. The summed E-state index contributed by atoms with van der Waals surface area (Å²) in [6.07, 6.45) is 0. The van der Waals surface area contributed by atoms with Crippen molar-refractivity contribution in [2.75, 3.05) is 5.32 Å². The van der Waals surface area contributed by atoms with Crippen molar-refractivity contribution in [2.45, 2.75) is 13.8 Å². The Kier molecular flexibility index (Phi) is 5.59. The predicted molar refractivity (Wildman–Crippen MR) is 98.9 cm³/mol. The SMILES string of the molecule is Cc1cccc(-c2cc(Nc3ccccc3Cl)nc(C)n2)c1.Cl. The molecule has 1 N–H and O–H groups in total. The molecule has 23 heavy (non-hydrogen) atoms. The molecule has 1 heterocycles. The Morgan fingerprint density at radius 3 is 2.43 bits per heavy atom. The highest BCUT2D eigenvalue weighted by atomic mass is 35.5. The van der Waals surface area contributed by atoms with E-state index in [1.165, 1.54) is 5.56 Å². The predicted octanol–water partition coefficient (Wildman–Crippen LogP) is 5.58. The first-order valence-electron chi connectivity index (χ1n) is 7.06. The zero-order valence-corrected chi connectivity index (χ0v) is 14.4. The third-order valence-corrected chi connectivity index (χ3v) is 3.62. The van der Waals surface area contributed by atoms with E-state index < -0.39 is 0 Å². The number of anilines is 2. The zero-order chi connectivity index (χ0) is 15.5. The Balaban J connectivity index is 0.00000192. The second-order valence-electron chi connectivity index (χ2n) is 5.16. The Labute approximate surface area is 147 Å². The van der Waals surface area contributed by atoms with Gasteiger partial charge in [0.15, 0.2) is 0 Å². The highest BCUT2D eigenvalue weighted by molar-refractivity contribution is 6.33. The standard InChI is InChI=1S/C18H16ClN3.ClH/c1-12-6-5-7-14(10-12)17-11-18(21-13(2)20-17)22-16-9-4-3-8-15(16)19;/h3-11H,1-2H3,(H,20,21,22);1H. The summed E-state index contributed by atoms with van der Waals surface area (Å²) in [5.41, 5.74) is 4.00. The van der Waals surface area contributed by atoms with Crippen molar-refractivity contribution in [1.82, 2.24) is 9.97 Å². The molecule has 0 unspecified atom stereocenters. The highest BCUT2D eigenvalue weighted by Gasteiger charge is 2.06. The number of rotatable bonds is 3. The number of halogens is 2. The normalized spacial score (nSPS) is 10.0. The van der Waals surface area contributed by atoms with E-state index in [0.717, 1.165) is 22.8 Å². The maximum absolute atomic E-state index is 6.19. The fourth-order valence-electron chi connectivity index (χ4n) is 2.28. The molecule has 0 spiro atoms. The van der Waals surface area contributed by atoms with Gasteiger partial charge in [0.1, 0.15) is 11.6 Å². The van der Waals surface area contributed by atoms with Crippen LogP contribution in [-0.4, -0.2) is 9.97 Å². The molecule has 3 nitrogen and oxygen atoms in total. The van der Waals surface area contributed by atoms with Crippen LogP contribution in [0.5, 0.6) is 0 Å². The van der Waals surface area contributed by atoms with Crippen molar-refractivity contribution < 1.29 is 0 Å². The Bertz CT molecular complexity index is 819. The van der Waals surface area contributed by atoms with Crippen LogP contribution in [0.25, 0.3) is 11.3 Å². The monoisotopic (exact) mass is 345 g/mol. The van der Waals surface area contributed by atoms with Crippen LogP contribution in [-0.2, 0) is 0 Å². The summed E-state index contributed by atoms with van der Waals surface area (Å²) in [6, 6.07) is 17.8. The molecule has 0 aliphatic carbocycles. The second kappa shape index (κ2) is 7.44. The average Bonchev–Trinajstić information content (AvgIpc) is 2.49. The van der Waals surface area contributed by atoms with Crippen LogP contribution in [0, 0.1) is 13.8 Å². The van der Waals surface area contributed by atoms with Gasteiger partial charge in [-0.1, -0.05) is 47.5 Å². The molecule has 0 amide bonds. The molecule has 0 atom stereocenters. The Morgan fingerprint density at radius 2 is 1.70 bits per heavy atom. The fraction of sp³-hybridized carbons (Fsp3) is 0.111. The van der Waals surface area contributed by atoms with E-state index >= 15 is 0 Å². The Morgan fingerprint density at radius 1 is 0.913 bits per heavy atom. The van der Waals surface area contributed by atoms with E-state index in [0.29, 0.717) is 10.8 Å². The summed E-state index contributed by atoms with van der Waals surface area (Å²) >= 11 is 6.19. The van der Waals surface area contributed by atoms with E-state index in [2.05, 4.69) is 34.3 Å². The first-order chi connectivity index (χ1) is 10.6. The number of nitrogens with zero attached hydrogens (tertiary/aromatic N) is 2. The fourth-order valence-corrected chi connectivity index (χ4v) is 2.47. The summed E-state index contributed by atoms with van der Waals surface area (Å²) in [5, 5.41) is 3.92. The van der Waals surface area contributed by atoms with Crippen LogP contribution in [0.15, 0.2) is 54.6 Å². The third kappa shape index (κ3) is 4.21. The van der Waals surface area contributed by atoms with Gasteiger partial charge >= 0.3 is 0 Å². The average molecular weight is 346 g/mol. The van der Waals surface area contributed by atoms with E-state index in [-0.39, 0.29) is 12.4 Å². The molecule has 3 rings (SSSR count). The number of benzene rings is 2. The van der Waals surface area contributed by atoms with Crippen molar-refractivity contribution in [3.8, 4) is 11.3 Å². The molecule has 5 heteroatoms. The first kappa shape index (κ1) is 17.3. The van der Waals surface area contributed by atoms with E-state index in [1.807, 2.05) is 49.4 Å². The van der Waals surface area contributed by atoms with Crippen LogP contribution in [0.4, 0.5) is 11.5 Å². The van der Waals surface area contributed by atoms with E-state index in [9.17, 15) is 0 Å². The Hall–Kier alpha value is -2.10. The minimum atomic E-state index is 0. The van der Waals surface area contributed by atoms with Gasteiger partial charge in [0.2, 0.25) is 0 Å². The minimum absolute atomic E-state index is 0. The highest BCUT2D eigenvalue weighted by Crippen LogP contribution is 2.26. The van der Waals surface area contributed by atoms with Gasteiger partial charge in [-0.05, 0) is 32.0 Å². The third-order valence-electron chi connectivity index (χ3n) is 3.29. The van der Waals surface area contributed by atoms with Crippen LogP contribution < -0.4 is 5.32 Å². The number of para-hydroxylation sites is 1. The van der Waals surface area contributed by atoms with Crippen LogP contribution in [0.1, 0.15) is 11.4 Å². The molecule has 0 aliphatic heterocycles. The lowest BCUT2D eigenvalue weighted by molar-refractivity contribution is 1.06. The van der Waals surface area contributed by atoms with Crippen LogP contribution >= 0.6 is 24.0 Å². The van der Waals surface area contributed by atoms with Crippen molar-refractivity contribution >= 4 is 35.5 Å². The zero-order valence-electron chi connectivity index (χ0n) is 12.9. The summed E-state index contributed by atoms with van der Waals surface area (Å²) in [4.78, 5) is 8.96. The summed E-state index contributed by atoms with van der Waals surface area (Å²) in [6.45, 7) is 3.96. The molecule has 0 fully saturated rings. The molecule has 118 valence electrons. The summed E-state index contributed by atoms with van der Waals surface area (Å²) in [5.74, 6) is 1.45. The van der Waals surface area contributed by atoms with E-state index in [1.54, 1.807) is 0 Å². The van der Waals surface area contributed by atoms with Crippen molar-refractivity contribution in [3.05, 3.63) is 71.0 Å². The number of hydrogen-bond acceptors (Lipinski definition) is 3. The molecule has 0 saturated heterocycles.